The van der Waals surface area contributed by atoms with Gasteiger partial charge in [0.05, 0.1) is 5.92 Å². The van der Waals surface area contributed by atoms with Crippen LogP contribution in [0.25, 0.3) is 0 Å². The average molecular weight is 357 g/mol. The van der Waals surface area contributed by atoms with Crippen molar-refractivity contribution in [2.24, 2.45) is 5.92 Å². The number of piperidine rings is 1. The van der Waals surface area contributed by atoms with Crippen LogP contribution in [-0.2, 0) is 14.8 Å². The quantitative estimate of drug-likeness (QED) is 0.833. The minimum atomic E-state index is -3.45. The van der Waals surface area contributed by atoms with Crippen LogP contribution in [0.4, 0.5) is 0 Å². The molecule has 0 bridgehead atoms. The van der Waals surface area contributed by atoms with Crippen molar-refractivity contribution in [1.82, 2.24) is 9.21 Å². The van der Waals surface area contributed by atoms with Crippen LogP contribution in [0.1, 0.15) is 38.5 Å². The molecule has 0 unspecified atom stereocenters. The molecule has 1 atom stereocenters. The Morgan fingerprint density at radius 3 is 2.65 bits per heavy atom. The molecule has 23 heavy (non-hydrogen) atoms. The zero-order chi connectivity index (χ0) is 16.4. The normalized spacial score (nSPS) is 24.0. The fourth-order valence-corrected chi connectivity index (χ4v) is 6.33. The average Bonchev–Trinajstić information content (AvgIpc) is 3.26. The Morgan fingerprint density at radius 1 is 1.26 bits per heavy atom. The minimum absolute atomic E-state index is 0.114. The van der Waals surface area contributed by atoms with Crippen molar-refractivity contribution in [3.05, 3.63) is 17.5 Å². The van der Waals surface area contributed by atoms with Gasteiger partial charge in [-0.15, -0.1) is 11.3 Å². The van der Waals surface area contributed by atoms with Crippen molar-refractivity contribution in [3.8, 4) is 0 Å². The van der Waals surface area contributed by atoms with E-state index in [1.165, 1.54) is 28.5 Å². The van der Waals surface area contributed by atoms with Crippen molar-refractivity contribution in [2.75, 3.05) is 20.1 Å². The molecule has 1 aliphatic heterocycles. The fraction of sp³-hybridized carbons (Fsp3) is 0.688. The highest BCUT2D eigenvalue weighted by atomic mass is 32.2. The first-order valence-corrected chi connectivity index (χ1v) is 10.6. The SMILES string of the molecule is CN(C(=O)[C@H]1CCCN(S(=O)(=O)c2cccs2)C1)C1CCCC1. The van der Waals surface area contributed by atoms with Crippen LogP contribution in [0.15, 0.2) is 21.7 Å². The molecule has 2 aliphatic rings. The molecule has 1 aromatic heterocycles. The monoisotopic (exact) mass is 356 g/mol. The maximum Gasteiger partial charge on any atom is 0.252 e. The van der Waals surface area contributed by atoms with E-state index in [2.05, 4.69) is 0 Å². The molecule has 0 spiro atoms. The number of nitrogens with zero attached hydrogens (tertiary/aromatic N) is 2. The molecule has 2 fully saturated rings. The highest BCUT2D eigenvalue weighted by Gasteiger charge is 2.36. The smallest absolute Gasteiger partial charge is 0.252 e. The molecule has 5 nitrogen and oxygen atoms in total. The Hall–Kier alpha value is -0.920. The Kier molecular flexibility index (Phi) is 5.08. The van der Waals surface area contributed by atoms with E-state index in [4.69, 9.17) is 0 Å². The van der Waals surface area contributed by atoms with E-state index < -0.39 is 10.0 Å². The predicted molar refractivity (Wildman–Crippen MR) is 90.8 cm³/mol. The maximum absolute atomic E-state index is 12.8. The molecular formula is C16H24N2O3S2. The standard InChI is InChI=1S/C16H24N2O3S2/c1-17(14-7-2-3-8-14)16(19)13-6-4-10-18(12-13)23(20,21)15-9-5-11-22-15/h5,9,11,13-14H,2-4,6-8,10,12H2,1H3/t13-/m0/s1. The van der Waals surface area contributed by atoms with Crippen molar-refractivity contribution < 1.29 is 13.2 Å². The lowest BCUT2D eigenvalue weighted by molar-refractivity contribution is -0.137. The van der Waals surface area contributed by atoms with Gasteiger partial charge in [0.1, 0.15) is 4.21 Å². The summed E-state index contributed by atoms with van der Waals surface area (Å²) in [4.78, 5) is 14.6. The van der Waals surface area contributed by atoms with Crippen LogP contribution in [-0.4, -0.2) is 49.7 Å². The van der Waals surface area contributed by atoms with Crippen molar-refractivity contribution in [3.63, 3.8) is 0 Å². The van der Waals surface area contributed by atoms with Gasteiger partial charge in [-0.25, -0.2) is 8.42 Å². The van der Waals surface area contributed by atoms with Gasteiger partial charge in [0, 0.05) is 26.2 Å². The first kappa shape index (κ1) is 16.9. The molecule has 1 aliphatic carbocycles. The number of hydrogen-bond donors (Lipinski definition) is 0. The minimum Gasteiger partial charge on any atom is -0.342 e. The number of rotatable bonds is 4. The predicted octanol–water partition coefficient (Wildman–Crippen LogP) is 2.55. The van der Waals surface area contributed by atoms with E-state index >= 15 is 0 Å². The molecule has 1 amide bonds. The summed E-state index contributed by atoms with van der Waals surface area (Å²) in [5, 5.41) is 1.77. The topological polar surface area (TPSA) is 57.7 Å². The highest BCUT2D eigenvalue weighted by molar-refractivity contribution is 7.91. The Bertz CT molecular complexity index is 636. The van der Waals surface area contributed by atoms with Gasteiger partial charge in [0.15, 0.2) is 0 Å². The molecule has 0 radical (unpaired) electrons. The largest absolute Gasteiger partial charge is 0.342 e. The molecule has 2 heterocycles. The Labute approximate surface area is 142 Å². The summed E-state index contributed by atoms with van der Waals surface area (Å²) in [5.74, 6) is -0.0907. The fourth-order valence-electron chi connectivity index (χ4n) is 3.66. The number of carbonyl (C=O) groups is 1. The zero-order valence-corrected chi connectivity index (χ0v) is 15.1. The van der Waals surface area contributed by atoms with E-state index in [0.29, 0.717) is 23.3 Å². The van der Waals surface area contributed by atoms with Crippen LogP contribution in [0.2, 0.25) is 0 Å². The summed E-state index contributed by atoms with van der Waals surface area (Å²) in [6, 6.07) is 3.72. The summed E-state index contributed by atoms with van der Waals surface area (Å²) in [6.45, 7) is 0.827. The molecular weight excluding hydrogens is 332 g/mol. The van der Waals surface area contributed by atoms with Gasteiger partial charge < -0.3 is 4.90 Å². The third kappa shape index (κ3) is 3.46. The molecule has 1 saturated carbocycles. The van der Waals surface area contributed by atoms with E-state index in [0.717, 1.165) is 25.7 Å². The molecule has 128 valence electrons. The molecule has 0 aromatic carbocycles. The Morgan fingerprint density at radius 2 is 2.00 bits per heavy atom. The lowest BCUT2D eigenvalue weighted by Crippen LogP contribution is -2.47. The number of carbonyl (C=O) groups excluding carboxylic acids is 1. The lowest BCUT2D eigenvalue weighted by atomic mass is 9.97. The van der Waals surface area contributed by atoms with Gasteiger partial charge in [-0.1, -0.05) is 18.9 Å². The second kappa shape index (κ2) is 6.91. The number of sulfonamides is 1. The van der Waals surface area contributed by atoms with Gasteiger partial charge in [-0.3, -0.25) is 4.79 Å². The van der Waals surface area contributed by atoms with Gasteiger partial charge in [0.2, 0.25) is 5.91 Å². The molecule has 3 rings (SSSR count). The van der Waals surface area contributed by atoms with Gasteiger partial charge in [-0.2, -0.15) is 4.31 Å². The van der Waals surface area contributed by atoms with Crippen LogP contribution >= 0.6 is 11.3 Å². The van der Waals surface area contributed by atoms with Gasteiger partial charge in [-0.05, 0) is 37.1 Å². The summed E-state index contributed by atoms with van der Waals surface area (Å²) < 4.78 is 27.2. The number of amides is 1. The third-order valence-corrected chi connectivity index (χ3v) is 8.28. The highest BCUT2D eigenvalue weighted by Crippen LogP contribution is 2.29. The molecule has 1 aromatic rings. The summed E-state index contributed by atoms with van der Waals surface area (Å²) in [5.41, 5.74) is 0. The number of thiophene rings is 1. The second-order valence-electron chi connectivity index (χ2n) is 6.52. The Balaban J connectivity index is 1.69. The van der Waals surface area contributed by atoms with Crippen LogP contribution < -0.4 is 0 Å². The molecule has 0 N–H and O–H groups in total. The summed E-state index contributed by atoms with van der Waals surface area (Å²) in [7, 11) is -1.57. The van der Waals surface area contributed by atoms with Gasteiger partial charge >= 0.3 is 0 Å². The summed E-state index contributed by atoms with van der Waals surface area (Å²) >= 11 is 1.23. The van der Waals surface area contributed by atoms with Gasteiger partial charge in [0.25, 0.3) is 10.0 Å². The summed E-state index contributed by atoms with van der Waals surface area (Å²) in [6.07, 6.45) is 6.06. The maximum atomic E-state index is 12.8. The van der Waals surface area contributed by atoms with Crippen LogP contribution in [0.5, 0.6) is 0 Å². The van der Waals surface area contributed by atoms with Crippen molar-refractivity contribution in [1.29, 1.82) is 0 Å². The van der Waals surface area contributed by atoms with Crippen molar-refractivity contribution >= 4 is 27.3 Å². The third-order valence-electron chi connectivity index (χ3n) is 5.04. The van der Waals surface area contributed by atoms with Crippen molar-refractivity contribution in [2.45, 2.75) is 48.8 Å². The van der Waals surface area contributed by atoms with E-state index in [9.17, 15) is 13.2 Å². The zero-order valence-electron chi connectivity index (χ0n) is 13.5. The first-order valence-electron chi connectivity index (χ1n) is 8.30. The lowest BCUT2D eigenvalue weighted by Gasteiger charge is -2.34. The first-order chi connectivity index (χ1) is 11.0. The van der Waals surface area contributed by atoms with Crippen LogP contribution in [0.3, 0.4) is 0 Å². The molecule has 7 heteroatoms. The second-order valence-corrected chi connectivity index (χ2v) is 9.63. The molecule has 1 saturated heterocycles. The van der Waals surface area contributed by atoms with Crippen LogP contribution in [0, 0.1) is 5.92 Å². The van der Waals surface area contributed by atoms with E-state index in [1.807, 2.05) is 11.9 Å². The van der Waals surface area contributed by atoms with E-state index in [1.54, 1.807) is 17.5 Å². The number of hydrogen-bond acceptors (Lipinski definition) is 4. The van der Waals surface area contributed by atoms with E-state index in [-0.39, 0.29) is 11.8 Å².